The number of carboxylic acid groups (broad SMARTS) is 1. The van der Waals surface area contributed by atoms with Gasteiger partial charge in [0.1, 0.15) is 18.1 Å². The number of aromatic amines is 1. The Bertz CT molecular complexity index is 965. The molecule has 0 bridgehead atoms. The van der Waals surface area contributed by atoms with Crippen LogP contribution in [0.5, 0.6) is 0 Å². The molecule has 1 aliphatic rings. The van der Waals surface area contributed by atoms with Crippen LogP contribution in [0, 0.1) is 11.8 Å². The van der Waals surface area contributed by atoms with Gasteiger partial charge in [0.05, 0.1) is 24.6 Å². The first-order valence-electron chi connectivity index (χ1n) is 13.0. The van der Waals surface area contributed by atoms with Gasteiger partial charge in [-0.05, 0) is 37.5 Å². The average molecular weight is 536 g/mol. The molecule has 1 saturated heterocycles. The van der Waals surface area contributed by atoms with Gasteiger partial charge in [-0.2, -0.15) is 0 Å². The van der Waals surface area contributed by atoms with Crippen molar-refractivity contribution in [2.45, 2.75) is 84.0 Å². The first-order valence-corrected chi connectivity index (χ1v) is 13.0. The highest BCUT2D eigenvalue weighted by Crippen LogP contribution is 2.20. The van der Waals surface area contributed by atoms with Crippen molar-refractivity contribution in [1.29, 1.82) is 0 Å². The molecule has 13 nitrogen and oxygen atoms in total. The van der Waals surface area contributed by atoms with Gasteiger partial charge < -0.3 is 36.7 Å². The minimum Gasteiger partial charge on any atom is -0.480 e. The number of nitrogens with one attached hydrogen (secondary N) is 4. The summed E-state index contributed by atoms with van der Waals surface area (Å²) >= 11 is 0. The Morgan fingerprint density at radius 3 is 2.34 bits per heavy atom. The standard InChI is InChI=1S/C25H41N7O6/c1-14(2)8-18(22(34)28-12-21(33)30-19(25(37)38)9-15(3)4)31-23(35)20-6-5-7-32(20)24(36)17(26)10-16-11-27-13-29-16/h11,13-15,17-20H,5-10,12,26H2,1-4H3,(H,27,29)(H,28,34)(H,30,33)(H,31,35)(H,37,38)/t17-,18-,19-,20-/m0/s1. The van der Waals surface area contributed by atoms with Crippen molar-refractivity contribution < 1.29 is 29.1 Å². The van der Waals surface area contributed by atoms with E-state index >= 15 is 0 Å². The third-order valence-electron chi connectivity index (χ3n) is 6.24. The Hall–Kier alpha value is -3.48. The summed E-state index contributed by atoms with van der Waals surface area (Å²) in [5, 5.41) is 16.9. The van der Waals surface area contributed by atoms with E-state index < -0.39 is 54.4 Å². The van der Waals surface area contributed by atoms with Crippen molar-refractivity contribution in [3.63, 3.8) is 0 Å². The fraction of sp³-hybridized carbons (Fsp3) is 0.680. The van der Waals surface area contributed by atoms with Gasteiger partial charge in [-0.15, -0.1) is 0 Å². The second-order valence-corrected chi connectivity index (χ2v) is 10.6. The Kier molecular flexibility index (Phi) is 11.7. The summed E-state index contributed by atoms with van der Waals surface area (Å²) in [4.78, 5) is 71.1. The van der Waals surface area contributed by atoms with Gasteiger partial charge in [-0.3, -0.25) is 19.2 Å². The summed E-state index contributed by atoms with van der Waals surface area (Å²) in [6.45, 7) is 7.42. The maximum Gasteiger partial charge on any atom is 0.326 e. The SMILES string of the molecule is CC(C)C[C@H](NC(=O)CNC(=O)[C@H](CC(C)C)NC(=O)[C@@H]1CCCN1C(=O)[C@@H](N)Cc1c[nH]cn1)C(=O)O. The number of amides is 4. The van der Waals surface area contributed by atoms with Gasteiger partial charge in [0.25, 0.3) is 0 Å². The van der Waals surface area contributed by atoms with E-state index in [2.05, 4.69) is 25.9 Å². The monoisotopic (exact) mass is 535 g/mol. The van der Waals surface area contributed by atoms with E-state index in [1.807, 2.05) is 27.7 Å². The quantitative estimate of drug-likeness (QED) is 0.184. The largest absolute Gasteiger partial charge is 0.480 e. The molecule has 0 unspecified atom stereocenters. The van der Waals surface area contributed by atoms with Crippen molar-refractivity contribution in [2.75, 3.05) is 13.1 Å². The number of hydrogen-bond acceptors (Lipinski definition) is 7. The highest BCUT2D eigenvalue weighted by Gasteiger charge is 2.37. The molecule has 1 aromatic rings. The van der Waals surface area contributed by atoms with Gasteiger partial charge in [0.2, 0.25) is 23.6 Å². The molecule has 4 amide bonds. The molecule has 1 aliphatic heterocycles. The van der Waals surface area contributed by atoms with Crippen molar-refractivity contribution >= 4 is 29.6 Å². The Balaban J connectivity index is 1.98. The molecule has 1 fully saturated rings. The summed E-state index contributed by atoms with van der Waals surface area (Å²) in [6.07, 6.45) is 5.01. The number of hydrogen-bond donors (Lipinski definition) is 6. The molecule has 0 spiro atoms. The number of rotatable bonds is 14. The third kappa shape index (κ3) is 9.43. The molecule has 212 valence electrons. The zero-order chi connectivity index (χ0) is 28.4. The van der Waals surface area contributed by atoms with Crippen LogP contribution >= 0.6 is 0 Å². The van der Waals surface area contributed by atoms with Crippen molar-refractivity contribution in [2.24, 2.45) is 17.6 Å². The van der Waals surface area contributed by atoms with Crippen LogP contribution < -0.4 is 21.7 Å². The number of H-pyrrole nitrogens is 1. The lowest BCUT2D eigenvalue weighted by Crippen LogP contribution is -2.56. The number of nitrogens with two attached hydrogens (primary N) is 1. The molecule has 38 heavy (non-hydrogen) atoms. The van der Waals surface area contributed by atoms with Crippen LogP contribution in [0.2, 0.25) is 0 Å². The van der Waals surface area contributed by atoms with Gasteiger partial charge in [-0.1, -0.05) is 27.7 Å². The van der Waals surface area contributed by atoms with Gasteiger partial charge in [0.15, 0.2) is 0 Å². The number of aromatic nitrogens is 2. The molecule has 2 heterocycles. The van der Waals surface area contributed by atoms with Gasteiger partial charge >= 0.3 is 5.97 Å². The Labute approximate surface area is 222 Å². The van der Waals surface area contributed by atoms with Crippen LogP contribution in [0.4, 0.5) is 0 Å². The molecule has 13 heteroatoms. The van der Waals surface area contributed by atoms with Crippen LogP contribution in [0.15, 0.2) is 12.5 Å². The number of aliphatic carboxylic acids is 1. The second kappa shape index (κ2) is 14.5. The van der Waals surface area contributed by atoms with Gasteiger partial charge in [-0.25, -0.2) is 9.78 Å². The van der Waals surface area contributed by atoms with Crippen LogP contribution in [0.25, 0.3) is 0 Å². The molecular weight excluding hydrogens is 494 g/mol. The molecule has 0 aromatic carbocycles. The van der Waals surface area contributed by atoms with Crippen molar-refractivity contribution in [1.82, 2.24) is 30.8 Å². The zero-order valence-corrected chi connectivity index (χ0v) is 22.5. The van der Waals surface area contributed by atoms with Crippen molar-refractivity contribution in [3.05, 3.63) is 18.2 Å². The van der Waals surface area contributed by atoms with E-state index in [4.69, 9.17) is 5.73 Å². The van der Waals surface area contributed by atoms with E-state index in [1.54, 1.807) is 6.20 Å². The van der Waals surface area contributed by atoms with Crippen LogP contribution in [-0.4, -0.2) is 86.8 Å². The summed E-state index contributed by atoms with van der Waals surface area (Å²) in [5.41, 5.74) is 6.74. The fourth-order valence-electron chi connectivity index (χ4n) is 4.43. The smallest absolute Gasteiger partial charge is 0.326 e. The zero-order valence-electron chi connectivity index (χ0n) is 22.5. The summed E-state index contributed by atoms with van der Waals surface area (Å²) in [6, 6.07) is -3.61. The van der Waals surface area contributed by atoms with E-state index in [1.165, 1.54) is 11.2 Å². The minimum absolute atomic E-state index is 0.0471. The maximum absolute atomic E-state index is 13.2. The Morgan fingerprint density at radius 1 is 1.11 bits per heavy atom. The highest BCUT2D eigenvalue weighted by molar-refractivity contribution is 5.94. The van der Waals surface area contributed by atoms with Crippen LogP contribution in [0.1, 0.15) is 59.1 Å². The van der Waals surface area contributed by atoms with E-state index in [9.17, 15) is 29.1 Å². The number of nitrogens with zero attached hydrogens (tertiary/aromatic N) is 2. The lowest BCUT2D eigenvalue weighted by Gasteiger charge is -2.28. The maximum atomic E-state index is 13.2. The molecule has 2 rings (SSSR count). The van der Waals surface area contributed by atoms with E-state index in [0.29, 0.717) is 31.5 Å². The van der Waals surface area contributed by atoms with Gasteiger partial charge in [0, 0.05) is 19.2 Å². The number of likely N-dealkylation sites (tertiary alicyclic amines) is 1. The third-order valence-corrected chi connectivity index (χ3v) is 6.24. The first kappa shape index (κ1) is 30.7. The second-order valence-electron chi connectivity index (χ2n) is 10.6. The molecule has 7 N–H and O–H groups in total. The molecule has 0 saturated carbocycles. The molecule has 0 radical (unpaired) electrons. The lowest BCUT2D eigenvalue weighted by atomic mass is 10.0. The Morgan fingerprint density at radius 2 is 1.76 bits per heavy atom. The minimum atomic E-state index is -1.15. The highest BCUT2D eigenvalue weighted by atomic mass is 16.4. The van der Waals surface area contributed by atoms with E-state index in [-0.39, 0.29) is 30.6 Å². The topological polar surface area (TPSA) is 200 Å². The fourth-order valence-corrected chi connectivity index (χ4v) is 4.43. The van der Waals surface area contributed by atoms with Crippen LogP contribution in [-0.2, 0) is 30.4 Å². The molecular formula is C25H41N7O6. The molecule has 4 atom stereocenters. The normalized spacial score (nSPS) is 17.7. The lowest BCUT2D eigenvalue weighted by molar-refractivity contribution is -0.142. The predicted molar refractivity (Wildman–Crippen MR) is 138 cm³/mol. The number of carboxylic acids is 1. The van der Waals surface area contributed by atoms with Crippen LogP contribution in [0.3, 0.4) is 0 Å². The molecule has 1 aromatic heterocycles. The van der Waals surface area contributed by atoms with Crippen molar-refractivity contribution in [3.8, 4) is 0 Å². The molecule has 0 aliphatic carbocycles. The average Bonchev–Trinajstić information content (AvgIpc) is 3.52. The summed E-state index contributed by atoms with van der Waals surface area (Å²) in [5.74, 6) is -3.08. The first-order chi connectivity index (χ1) is 17.9. The van der Waals surface area contributed by atoms with E-state index in [0.717, 1.165) is 0 Å². The summed E-state index contributed by atoms with van der Waals surface area (Å²) < 4.78 is 0. The number of imidazole rings is 1. The number of carbonyl (C=O) groups excluding carboxylic acids is 4. The summed E-state index contributed by atoms with van der Waals surface area (Å²) in [7, 11) is 0. The number of carbonyl (C=O) groups is 5. The predicted octanol–water partition coefficient (Wildman–Crippen LogP) is -0.467.